The van der Waals surface area contributed by atoms with Gasteiger partial charge in [-0.05, 0) is 89.5 Å². The molecule has 0 saturated heterocycles. The number of hydrogen-bond acceptors (Lipinski definition) is 4. The van der Waals surface area contributed by atoms with E-state index in [0.717, 1.165) is 30.4 Å². The molecular formula is C31H42N4. The highest BCUT2D eigenvalue weighted by Gasteiger charge is 2.29. The molecule has 0 amide bonds. The summed E-state index contributed by atoms with van der Waals surface area (Å²) in [6.07, 6.45) is 8.14. The second-order valence-electron chi connectivity index (χ2n) is 13.0. The minimum Gasteiger partial charge on any atom is -0.287 e. The van der Waals surface area contributed by atoms with Gasteiger partial charge in [-0.1, -0.05) is 60.6 Å². The summed E-state index contributed by atoms with van der Waals surface area (Å²) in [6.45, 7) is 21.2. The van der Waals surface area contributed by atoms with Crippen molar-refractivity contribution in [2.45, 2.75) is 104 Å². The first-order valence-corrected chi connectivity index (χ1v) is 13.0. The van der Waals surface area contributed by atoms with Crippen molar-refractivity contribution >= 4 is 17.2 Å². The summed E-state index contributed by atoms with van der Waals surface area (Å²) >= 11 is 0. The molecule has 0 spiro atoms. The second-order valence-corrected chi connectivity index (χ2v) is 13.0. The Morgan fingerprint density at radius 1 is 0.914 bits per heavy atom. The van der Waals surface area contributed by atoms with Gasteiger partial charge in [0.1, 0.15) is 0 Å². The van der Waals surface area contributed by atoms with Crippen molar-refractivity contribution < 1.29 is 0 Å². The van der Waals surface area contributed by atoms with Crippen LogP contribution < -0.4 is 0 Å². The molecule has 0 radical (unpaired) electrons. The predicted molar refractivity (Wildman–Crippen MR) is 148 cm³/mol. The highest BCUT2D eigenvalue weighted by molar-refractivity contribution is 5.83. The van der Waals surface area contributed by atoms with Gasteiger partial charge in [0.05, 0.1) is 29.3 Å². The van der Waals surface area contributed by atoms with Gasteiger partial charge in [0.2, 0.25) is 0 Å². The summed E-state index contributed by atoms with van der Waals surface area (Å²) < 4.78 is 0. The van der Waals surface area contributed by atoms with Crippen LogP contribution in [0.5, 0.6) is 0 Å². The normalized spacial score (nSPS) is 15.4. The van der Waals surface area contributed by atoms with Gasteiger partial charge in [-0.25, -0.2) is 0 Å². The fourth-order valence-corrected chi connectivity index (χ4v) is 4.82. The van der Waals surface area contributed by atoms with E-state index in [4.69, 9.17) is 10.1 Å². The summed E-state index contributed by atoms with van der Waals surface area (Å²) in [7, 11) is 0. The molecule has 0 N–H and O–H groups in total. The molecule has 3 aromatic rings. The average Bonchev–Trinajstić information content (AvgIpc) is 2.80. The van der Waals surface area contributed by atoms with Crippen LogP contribution in [0, 0.1) is 0 Å². The molecule has 0 fully saturated rings. The average molecular weight is 471 g/mol. The van der Waals surface area contributed by atoms with Gasteiger partial charge in [-0.2, -0.15) is 5.10 Å². The maximum atomic E-state index is 4.88. The number of pyridine rings is 2. The van der Waals surface area contributed by atoms with Crippen LogP contribution in [-0.2, 0) is 17.4 Å². The van der Waals surface area contributed by atoms with E-state index in [2.05, 4.69) is 109 Å². The predicted octanol–water partition coefficient (Wildman–Crippen LogP) is 7.74. The standard InChI is InChI=1S/C31H42N4/c1-21(23-17-27-28(33-18-23)26(13-15-32-27)30(5,6)7)12-14-31(8,9)35-20-22-10-11-25(29(2,3)4)16-24(22)19-34-35/h10-11,13,15-19,21H,12,14,20H2,1-9H3. The van der Waals surface area contributed by atoms with E-state index in [1.807, 2.05) is 12.4 Å². The van der Waals surface area contributed by atoms with Crippen molar-refractivity contribution in [3.05, 3.63) is 70.5 Å². The van der Waals surface area contributed by atoms with Crippen LogP contribution in [0.1, 0.15) is 109 Å². The maximum Gasteiger partial charge on any atom is 0.0924 e. The van der Waals surface area contributed by atoms with Crippen LogP contribution in [0.2, 0.25) is 0 Å². The monoisotopic (exact) mass is 470 g/mol. The number of benzene rings is 1. The third-order valence-electron chi connectivity index (χ3n) is 7.53. The lowest BCUT2D eigenvalue weighted by Crippen LogP contribution is -2.41. The number of fused-ring (bicyclic) bond motifs is 2. The molecule has 1 aliphatic rings. The van der Waals surface area contributed by atoms with Crippen molar-refractivity contribution in [1.82, 2.24) is 15.0 Å². The molecule has 35 heavy (non-hydrogen) atoms. The zero-order chi connectivity index (χ0) is 25.6. The molecule has 1 unspecified atom stereocenters. The third kappa shape index (κ3) is 5.42. The van der Waals surface area contributed by atoms with E-state index >= 15 is 0 Å². The van der Waals surface area contributed by atoms with Gasteiger partial charge in [0, 0.05) is 12.4 Å². The van der Waals surface area contributed by atoms with Gasteiger partial charge in [0.25, 0.3) is 0 Å². The number of nitrogens with zero attached hydrogens (tertiary/aromatic N) is 4. The quantitative estimate of drug-likeness (QED) is 0.383. The molecule has 0 bridgehead atoms. The van der Waals surface area contributed by atoms with Crippen molar-refractivity contribution in [2.75, 3.05) is 0 Å². The van der Waals surface area contributed by atoms with Gasteiger partial charge in [-0.3, -0.25) is 15.0 Å². The summed E-state index contributed by atoms with van der Waals surface area (Å²) in [4.78, 5) is 9.49. The lowest BCUT2D eigenvalue weighted by Gasteiger charge is -2.39. The first kappa shape index (κ1) is 25.3. The zero-order valence-corrected chi connectivity index (χ0v) is 23.1. The maximum absolute atomic E-state index is 4.88. The summed E-state index contributed by atoms with van der Waals surface area (Å²) in [5.74, 6) is 0.404. The van der Waals surface area contributed by atoms with Crippen LogP contribution in [0.4, 0.5) is 0 Å². The number of hydrazone groups is 1. The lowest BCUT2D eigenvalue weighted by molar-refractivity contribution is 0.102. The fourth-order valence-electron chi connectivity index (χ4n) is 4.82. The number of rotatable bonds is 5. The third-order valence-corrected chi connectivity index (χ3v) is 7.53. The molecular weight excluding hydrogens is 428 g/mol. The smallest absolute Gasteiger partial charge is 0.0924 e. The molecule has 2 aromatic heterocycles. The molecule has 3 heterocycles. The zero-order valence-electron chi connectivity index (χ0n) is 23.1. The van der Waals surface area contributed by atoms with Crippen LogP contribution in [0.25, 0.3) is 11.0 Å². The summed E-state index contributed by atoms with van der Waals surface area (Å²) in [5.41, 5.74) is 8.65. The largest absolute Gasteiger partial charge is 0.287 e. The molecule has 186 valence electrons. The Morgan fingerprint density at radius 2 is 1.66 bits per heavy atom. The van der Waals surface area contributed by atoms with Crippen molar-refractivity contribution in [2.24, 2.45) is 5.10 Å². The van der Waals surface area contributed by atoms with Crippen molar-refractivity contribution in [3.63, 3.8) is 0 Å². The van der Waals surface area contributed by atoms with E-state index in [1.54, 1.807) is 0 Å². The molecule has 4 nitrogen and oxygen atoms in total. The first-order valence-electron chi connectivity index (χ1n) is 13.0. The summed E-state index contributed by atoms with van der Waals surface area (Å²) in [6, 6.07) is 11.2. The van der Waals surface area contributed by atoms with E-state index in [1.165, 1.54) is 27.8 Å². The Hall–Kier alpha value is -2.75. The topological polar surface area (TPSA) is 41.4 Å². The molecule has 0 aliphatic carbocycles. The molecule has 1 aliphatic heterocycles. The minimum atomic E-state index is -0.0346. The van der Waals surface area contributed by atoms with E-state index in [-0.39, 0.29) is 16.4 Å². The van der Waals surface area contributed by atoms with Crippen LogP contribution in [0.15, 0.2) is 47.8 Å². The van der Waals surface area contributed by atoms with E-state index < -0.39 is 0 Å². The van der Waals surface area contributed by atoms with Crippen molar-refractivity contribution in [3.8, 4) is 0 Å². The molecule has 4 heteroatoms. The van der Waals surface area contributed by atoms with Gasteiger partial charge in [0.15, 0.2) is 0 Å². The Morgan fingerprint density at radius 3 is 2.34 bits per heavy atom. The second kappa shape index (κ2) is 9.04. The molecule has 0 saturated carbocycles. The first-order chi connectivity index (χ1) is 16.3. The minimum absolute atomic E-state index is 0.0346. The number of hydrogen-bond donors (Lipinski definition) is 0. The van der Waals surface area contributed by atoms with Crippen LogP contribution in [-0.4, -0.2) is 26.7 Å². The van der Waals surface area contributed by atoms with E-state index in [9.17, 15) is 0 Å². The van der Waals surface area contributed by atoms with Crippen molar-refractivity contribution in [1.29, 1.82) is 0 Å². The molecule has 1 aromatic carbocycles. The fraction of sp³-hybridized carbons (Fsp3) is 0.516. The Bertz CT molecular complexity index is 1240. The van der Waals surface area contributed by atoms with Gasteiger partial charge in [-0.15, -0.1) is 0 Å². The molecule has 4 rings (SSSR count). The number of aromatic nitrogens is 2. The van der Waals surface area contributed by atoms with Crippen LogP contribution in [0.3, 0.4) is 0 Å². The summed E-state index contributed by atoms with van der Waals surface area (Å²) in [5, 5.41) is 7.13. The van der Waals surface area contributed by atoms with Gasteiger partial charge < -0.3 is 0 Å². The Labute approximate surface area is 211 Å². The van der Waals surface area contributed by atoms with E-state index in [0.29, 0.717) is 5.92 Å². The highest BCUT2D eigenvalue weighted by atomic mass is 15.5. The lowest BCUT2D eigenvalue weighted by atomic mass is 9.84. The Kier molecular flexibility index (Phi) is 6.54. The van der Waals surface area contributed by atoms with Gasteiger partial charge >= 0.3 is 0 Å². The van der Waals surface area contributed by atoms with Crippen LogP contribution >= 0.6 is 0 Å². The highest BCUT2D eigenvalue weighted by Crippen LogP contribution is 2.34. The Balaban J connectivity index is 1.46. The molecule has 1 atom stereocenters. The SMILES string of the molecule is CC(CCC(C)(C)N1Cc2ccc(C(C)(C)C)cc2C=N1)c1cnc2c(C(C)(C)C)ccnc2c1.